The van der Waals surface area contributed by atoms with Crippen molar-refractivity contribution in [2.75, 3.05) is 24.5 Å². The molecule has 2 fully saturated rings. The minimum atomic E-state index is -2.89. The molecule has 1 N–H and O–H groups in total. The van der Waals surface area contributed by atoms with E-state index in [2.05, 4.69) is 20.1 Å². The molecular weight excluding hydrogens is 526 g/mol. The first-order chi connectivity index (χ1) is 19.0. The van der Waals surface area contributed by atoms with Crippen LogP contribution in [0.3, 0.4) is 0 Å². The Kier molecular flexibility index (Phi) is 5.86. The quantitative estimate of drug-likeness (QED) is 0.469. The van der Waals surface area contributed by atoms with E-state index in [0.717, 1.165) is 23.4 Å². The van der Waals surface area contributed by atoms with E-state index in [1.807, 2.05) is 12.1 Å². The Bertz CT molecular complexity index is 1520. The second kappa shape index (κ2) is 9.07. The largest absolute Gasteiger partial charge is 0.465 e. The molecule has 2 aromatic heterocycles. The Morgan fingerprint density at radius 1 is 1.12 bits per heavy atom. The number of pyridine rings is 1. The molecular formula is C27H26F2N6O5. The Labute approximate surface area is 227 Å². The third-order valence-corrected chi connectivity index (χ3v) is 8.03. The van der Waals surface area contributed by atoms with Crippen LogP contribution in [0.5, 0.6) is 0 Å². The lowest BCUT2D eigenvalue weighted by Gasteiger charge is -2.43. The fraction of sp³-hybridized carbons (Fsp3) is 0.407. The summed E-state index contributed by atoms with van der Waals surface area (Å²) in [4.78, 5) is 47.8. The van der Waals surface area contributed by atoms with Crippen LogP contribution in [0.25, 0.3) is 11.5 Å². The smallest absolute Gasteiger partial charge is 0.407 e. The van der Waals surface area contributed by atoms with Gasteiger partial charge in [-0.05, 0) is 62.6 Å². The van der Waals surface area contributed by atoms with E-state index in [4.69, 9.17) is 4.42 Å². The number of aromatic nitrogens is 3. The van der Waals surface area contributed by atoms with Crippen molar-refractivity contribution in [3.8, 4) is 11.5 Å². The number of carbonyl (C=O) groups is 3. The molecule has 3 aromatic rings. The van der Waals surface area contributed by atoms with Gasteiger partial charge in [-0.15, -0.1) is 10.2 Å². The van der Waals surface area contributed by atoms with Gasteiger partial charge in [0, 0.05) is 37.1 Å². The molecule has 0 unspecified atom stereocenters. The molecule has 0 radical (unpaired) electrons. The molecule has 4 heterocycles. The minimum absolute atomic E-state index is 0.0750. The van der Waals surface area contributed by atoms with Crippen LogP contribution in [0.4, 0.5) is 19.3 Å². The average molecular weight is 553 g/mol. The van der Waals surface area contributed by atoms with Crippen molar-refractivity contribution in [3.05, 3.63) is 59.2 Å². The first-order valence-electron chi connectivity index (χ1n) is 12.8. The van der Waals surface area contributed by atoms with E-state index in [9.17, 15) is 28.3 Å². The maximum absolute atomic E-state index is 13.6. The number of hydrogen-bond donors (Lipinski definition) is 1. The number of piperazine rings is 1. The van der Waals surface area contributed by atoms with Crippen molar-refractivity contribution >= 4 is 23.6 Å². The second-order valence-electron chi connectivity index (χ2n) is 10.9. The number of halogens is 2. The number of amides is 3. The zero-order valence-corrected chi connectivity index (χ0v) is 21.8. The predicted molar refractivity (Wildman–Crippen MR) is 136 cm³/mol. The molecule has 208 valence electrons. The number of hydrogen-bond acceptors (Lipinski definition) is 8. The molecule has 2 aliphatic heterocycles. The van der Waals surface area contributed by atoms with Crippen molar-refractivity contribution in [1.82, 2.24) is 25.0 Å². The van der Waals surface area contributed by atoms with Crippen LogP contribution in [0.15, 0.2) is 40.9 Å². The van der Waals surface area contributed by atoms with E-state index in [1.54, 1.807) is 32.0 Å². The van der Waals surface area contributed by atoms with Gasteiger partial charge in [-0.1, -0.05) is 0 Å². The lowest BCUT2D eigenvalue weighted by Crippen LogP contribution is -2.57. The van der Waals surface area contributed by atoms with Gasteiger partial charge in [0.25, 0.3) is 11.8 Å². The molecule has 1 saturated heterocycles. The van der Waals surface area contributed by atoms with Crippen LogP contribution in [-0.4, -0.2) is 73.2 Å². The minimum Gasteiger partial charge on any atom is -0.465 e. The normalized spacial score (nSPS) is 19.4. The SMILES string of the molecule is CC1(C)C(=O)N(Cc2ccc(-c3nnc(C(F)F)o3)cn2)C(=O)c2ccc(N3CCN(C(=O)O)C4(CC4)C3)cc21. The summed E-state index contributed by atoms with van der Waals surface area (Å²) in [6, 6.07) is 8.56. The van der Waals surface area contributed by atoms with E-state index in [0.29, 0.717) is 42.0 Å². The molecule has 6 rings (SSSR count). The number of nitrogens with zero attached hydrogens (tertiary/aromatic N) is 6. The Morgan fingerprint density at radius 3 is 2.52 bits per heavy atom. The summed E-state index contributed by atoms with van der Waals surface area (Å²) in [5.74, 6) is -1.71. The predicted octanol–water partition coefficient (Wildman–Crippen LogP) is 3.86. The van der Waals surface area contributed by atoms with Crippen molar-refractivity contribution in [2.45, 2.75) is 50.6 Å². The highest BCUT2D eigenvalue weighted by molar-refractivity contribution is 6.13. The molecule has 40 heavy (non-hydrogen) atoms. The number of alkyl halides is 2. The summed E-state index contributed by atoms with van der Waals surface area (Å²) in [6.45, 7) is 4.96. The van der Waals surface area contributed by atoms with Crippen LogP contribution < -0.4 is 4.90 Å². The van der Waals surface area contributed by atoms with Crippen LogP contribution in [0.1, 0.15) is 60.6 Å². The molecule has 3 aliphatic rings. The molecule has 1 aromatic carbocycles. The summed E-state index contributed by atoms with van der Waals surface area (Å²) >= 11 is 0. The van der Waals surface area contributed by atoms with E-state index in [-0.39, 0.29) is 23.9 Å². The summed E-state index contributed by atoms with van der Waals surface area (Å²) in [6.07, 6.45) is -0.792. The van der Waals surface area contributed by atoms with Gasteiger partial charge >= 0.3 is 12.5 Å². The topological polar surface area (TPSA) is 133 Å². The molecule has 3 amide bonds. The second-order valence-corrected chi connectivity index (χ2v) is 10.9. The highest BCUT2D eigenvalue weighted by Crippen LogP contribution is 2.46. The van der Waals surface area contributed by atoms with E-state index in [1.165, 1.54) is 11.1 Å². The molecule has 13 heteroatoms. The molecule has 1 saturated carbocycles. The van der Waals surface area contributed by atoms with Gasteiger partial charge in [0.05, 0.1) is 28.8 Å². The van der Waals surface area contributed by atoms with E-state index < -0.39 is 29.7 Å². The van der Waals surface area contributed by atoms with Gasteiger partial charge < -0.3 is 14.4 Å². The van der Waals surface area contributed by atoms with Crippen LogP contribution >= 0.6 is 0 Å². The maximum Gasteiger partial charge on any atom is 0.407 e. The van der Waals surface area contributed by atoms with Gasteiger partial charge in [-0.25, -0.2) is 4.79 Å². The number of carboxylic acid groups (broad SMARTS) is 1. The Morgan fingerprint density at radius 2 is 1.90 bits per heavy atom. The molecule has 11 nitrogen and oxygen atoms in total. The molecule has 1 spiro atoms. The van der Waals surface area contributed by atoms with Crippen LogP contribution in [-0.2, 0) is 16.8 Å². The standard InChI is InChI=1S/C27H26F2N6O5/c1-26(2)19-11-17(33-9-10-35(25(38)39)27(14-33)7-8-27)5-6-18(19)23(36)34(24(26)37)13-16-4-3-15(12-30-16)21-31-32-22(40-21)20(28)29/h3-6,11-12,20H,7-10,13-14H2,1-2H3,(H,38,39). The highest BCUT2D eigenvalue weighted by atomic mass is 19.3. The number of imide groups is 1. The number of fused-ring (bicyclic) bond motifs is 1. The van der Waals surface area contributed by atoms with Crippen molar-refractivity contribution in [2.24, 2.45) is 0 Å². The van der Waals surface area contributed by atoms with Crippen molar-refractivity contribution in [1.29, 1.82) is 0 Å². The summed E-state index contributed by atoms with van der Waals surface area (Å²) in [5.41, 5.74) is 1.27. The van der Waals surface area contributed by atoms with Gasteiger partial charge in [-0.2, -0.15) is 8.78 Å². The van der Waals surface area contributed by atoms with Gasteiger partial charge in [0.1, 0.15) is 0 Å². The Balaban J connectivity index is 1.22. The Hall–Kier alpha value is -4.42. The van der Waals surface area contributed by atoms with Gasteiger partial charge in [0.2, 0.25) is 11.8 Å². The number of carbonyl (C=O) groups excluding carboxylic acids is 2. The zero-order chi connectivity index (χ0) is 28.4. The van der Waals surface area contributed by atoms with Crippen molar-refractivity contribution < 1.29 is 32.7 Å². The van der Waals surface area contributed by atoms with Crippen LogP contribution in [0, 0.1) is 0 Å². The van der Waals surface area contributed by atoms with Gasteiger partial charge in [0.15, 0.2) is 0 Å². The first kappa shape index (κ1) is 25.8. The summed E-state index contributed by atoms with van der Waals surface area (Å²) in [5, 5.41) is 16.5. The highest BCUT2D eigenvalue weighted by Gasteiger charge is 2.54. The summed E-state index contributed by atoms with van der Waals surface area (Å²) < 4.78 is 30.4. The zero-order valence-electron chi connectivity index (χ0n) is 21.8. The fourth-order valence-electron chi connectivity index (χ4n) is 5.58. The molecule has 0 bridgehead atoms. The number of anilines is 1. The molecule has 0 atom stereocenters. The first-order valence-corrected chi connectivity index (χ1v) is 12.8. The van der Waals surface area contributed by atoms with Crippen LogP contribution in [0.2, 0.25) is 0 Å². The lowest BCUT2D eigenvalue weighted by molar-refractivity contribution is -0.134. The van der Waals surface area contributed by atoms with E-state index >= 15 is 0 Å². The lowest BCUT2D eigenvalue weighted by atomic mass is 9.77. The fourth-order valence-corrected chi connectivity index (χ4v) is 5.58. The monoisotopic (exact) mass is 552 g/mol. The maximum atomic E-state index is 13.6. The number of rotatable bonds is 5. The third kappa shape index (κ3) is 4.16. The van der Waals surface area contributed by atoms with Gasteiger partial charge in [-0.3, -0.25) is 24.4 Å². The average Bonchev–Trinajstić information content (AvgIpc) is 3.49. The third-order valence-electron chi connectivity index (χ3n) is 8.03. The summed E-state index contributed by atoms with van der Waals surface area (Å²) in [7, 11) is 0. The molecule has 1 aliphatic carbocycles. The van der Waals surface area contributed by atoms with Crippen molar-refractivity contribution in [3.63, 3.8) is 0 Å². The number of benzene rings is 1.